The molecule has 0 amide bonds. The van der Waals surface area contributed by atoms with Crippen LogP contribution in [0.25, 0.3) is 22.3 Å². The van der Waals surface area contributed by atoms with Crippen molar-refractivity contribution in [3.63, 3.8) is 0 Å². The number of alkyl halides is 3. The van der Waals surface area contributed by atoms with Crippen LogP contribution in [0.2, 0.25) is 10.0 Å². The second kappa shape index (κ2) is 11.2. The molecule has 0 aliphatic carbocycles. The lowest BCUT2D eigenvalue weighted by molar-refractivity contribution is -0.137. The van der Waals surface area contributed by atoms with Gasteiger partial charge in [0.05, 0.1) is 28.0 Å². The van der Waals surface area contributed by atoms with Crippen LogP contribution in [0.3, 0.4) is 0 Å². The van der Waals surface area contributed by atoms with E-state index >= 15 is 4.39 Å². The Labute approximate surface area is 243 Å². The molecule has 0 atom stereocenters. The predicted molar refractivity (Wildman–Crippen MR) is 145 cm³/mol. The highest BCUT2D eigenvalue weighted by atomic mass is 35.5. The molecule has 2 aromatic heterocycles. The van der Waals surface area contributed by atoms with Crippen LogP contribution in [0, 0.1) is 5.82 Å². The fourth-order valence-electron chi connectivity index (χ4n) is 3.70. The second-order valence-corrected chi connectivity index (χ2v) is 11.5. The molecular weight excluding hydrogens is 629 g/mol. The Kier molecular flexibility index (Phi) is 7.83. The molecule has 8 nitrogen and oxygen atoms in total. The quantitative estimate of drug-likeness (QED) is 0.181. The maximum atomic E-state index is 15.0. The van der Waals surface area contributed by atoms with E-state index in [0.717, 1.165) is 35.6 Å². The Bertz CT molecular complexity index is 1840. The molecule has 0 saturated carbocycles. The number of benzene rings is 3. The molecule has 0 bridgehead atoms. The molecule has 0 aliphatic heterocycles. The topological polar surface area (TPSA) is 107 Å². The summed E-state index contributed by atoms with van der Waals surface area (Å²) in [6.07, 6.45) is -1.87. The summed E-state index contributed by atoms with van der Waals surface area (Å²) in [5, 5.41) is 13.9. The third-order valence-electron chi connectivity index (χ3n) is 5.56. The standard InChI is InChI=1S/C25H13Cl2F4N5O3S2/c26-18-3-1-14(8-17(18)25(29,30)31)13-2-4-21(16(7-13)15-5-6-32-33-11-15)39-22-10-20(28)23(9-19(22)27)41(37,38)36-24-35-34-12-40-24/h1-12H,(H,35,36). The van der Waals surface area contributed by atoms with Crippen LogP contribution in [0.15, 0.2) is 77.4 Å². The molecule has 5 rings (SSSR count). The lowest BCUT2D eigenvalue weighted by Crippen LogP contribution is -2.14. The zero-order chi connectivity index (χ0) is 29.4. The zero-order valence-corrected chi connectivity index (χ0v) is 23.2. The number of sulfonamides is 1. The summed E-state index contributed by atoms with van der Waals surface area (Å²) in [7, 11) is -4.39. The maximum Gasteiger partial charge on any atom is 0.417 e. The zero-order valence-electron chi connectivity index (χ0n) is 20.0. The van der Waals surface area contributed by atoms with Gasteiger partial charge in [0.15, 0.2) is 0 Å². The van der Waals surface area contributed by atoms with Crippen LogP contribution >= 0.6 is 34.5 Å². The van der Waals surface area contributed by atoms with Crippen LogP contribution in [-0.2, 0) is 16.2 Å². The summed E-state index contributed by atoms with van der Waals surface area (Å²) in [5.74, 6) is -1.26. The second-order valence-electron chi connectivity index (χ2n) is 8.20. The van der Waals surface area contributed by atoms with Crippen molar-refractivity contribution in [3.05, 3.63) is 93.9 Å². The molecular formula is C25H13Cl2F4N5O3S2. The molecule has 0 aliphatic rings. The predicted octanol–water partition coefficient (Wildman–Crippen LogP) is 7.72. The summed E-state index contributed by atoms with van der Waals surface area (Å²) < 4.78 is 88.7. The summed E-state index contributed by atoms with van der Waals surface area (Å²) >= 11 is 13.0. The van der Waals surface area contributed by atoms with E-state index in [1.54, 1.807) is 12.1 Å². The summed E-state index contributed by atoms with van der Waals surface area (Å²) in [6, 6.07) is 11.3. The van der Waals surface area contributed by atoms with Gasteiger partial charge in [-0.05, 0) is 47.5 Å². The van der Waals surface area contributed by atoms with Crippen molar-refractivity contribution >= 4 is 49.7 Å². The van der Waals surface area contributed by atoms with Crippen molar-refractivity contribution < 1.29 is 30.7 Å². The van der Waals surface area contributed by atoms with Gasteiger partial charge in [-0.2, -0.15) is 23.4 Å². The van der Waals surface area contributed by atoms with Gasteiger partial charge in [0.1, 0.15) is 27.7 Å². The molecule has 210 valence electrons. The number of ether oxygens (including phenoxy) is 1. The van der Waals surface area contributed by atoms with E-state index in [1.165, 1.54) is 36.1 Å². The first-order chi connectivity index (χ1) is 19.4. The van der Waals surface area contributed by atoms with Crippen LogP contribution in [0.5, 0.6) is 11.5 Å². The van der Waals surface area contributed by atoms with Crippen molar-refractivity contribution in [2.75, 3.05) is 4.72 Å². The number of nitrogens with zero attached hydrogens (tertiary/aromatic N) is 4. The largest absolute Gasteiger partial charge is 0.455 e. The third kappa shape index (κ3) is 6.25. The van der Waals surface area contributed by atoms with Crippen molar-refractivity contribution in [2.24, 2.45) is 0 Å². The van der Waals surface area contributed by atoms with Crippen molar-refractivity contribution in [2.45, 2.75) is 11.1 Å². The average Bonchev–Trinajstić information content (AvgIpc) is 3.43. The van der Waals surface area contributed by atoms with E-state index in [1.807, 2.05) is 0 Å². The number of rotatable bonds is 7. The molecule has 0 radical (unpaired) electrons. The smallest absolute Gasteiger partial charge is 0.417 e. The van der Waals surface area contributed by atoms with Crippen molar-refractivity contribution in [3.8, 4) is 33.8 Å². The first kappa shape index (κ1) is 28.7. The van der Waals surface area contributed by atoms with E-state index < -0.39 is 37.5 Å². The molecule has 0 fully saturated rings. The minimum Gasteiger partial charge on any atom is -0.455 e. The minimum atomic E-state index is -4.67. The minimum absolute atomic E-state index is 0.0698. The summed E-state index contributed by atoms with van der Waals surface area (Å²) in [4.78, 5) is -0.748. The van der Waals surface area contributed by atoms with E-state index in [0.29, 0.717) is 16.7 Å². The lowest BCUT2D eigenvalue weighted by Gasteiger charge is -2.16. The van der Waals surface area contributed by atoms with Crippen molar-refractivity contribution in [1.82, 2.24) is 20.4 Å². The number of hydrogen-bond acceptors (Lipinski definition) is 8. The number of hydrogen-bond donors (Lipinski definition) is 1. The molecule has 0 saturated heterocycles. The monoisotopic (exact) mass is 641 g/mol. The van der Waals surface area contributed by atoms with E-state index in [9.17, 15) is 21.6 Å². The number of halogens is 6. The molecule has 0 unspecified atom stereocenters. The van der Waals surface area contributed by atoms with Gasteiger partial charge in [-0.1, -0.05) is 46.7 Å². The van der Waals surface area contributed by atoms with Crippen molar-refractivity contribution in [1.29, 1.82) is 0 Å². The molecule has 16 heteroatoms. The fraction of sp³-hybridized carbons (Fsp3) is 0.0400. The Morgan fingerprint density at radius 3 is 2.29 bits per heavy atom. The molecule has 41 heavy (non-hydrogen) atoms. The summed E-state index contributed by atoms with van der Waals surface area (Å²) in [5.41, 5.74) is 1.72. The van der Waals surface area contributed by atoms with Gasteiger partial charge < -0.3 is 4.74 Å². The molecule has 1 N–H and O–H groups in total. The third-order valence-corrected chi connectivity index (χ3v) is 8.27. The molecule has 3 aromatic carbocycles. The van der Waals surface area contributed by atoms with E-state index in [2.05, 4.69) is 25.1 Å². The first-order valence-electron chi connectivity index (χ1n) is 11.2. The van der Waals surface area contributed by atoms with Gasteiger partial charge >= 0.3 is 6.18 Å². The SMILES string of the molecule is O=S(=O)(Nc1nncs1)c1cc(Cl)c(Oc2ccc(-c3ccc(Cl)c(C(F)(F)F)c3)cc2-c2ccnnc2)cc1F. The number of nitrogens with one attached hydrogen (secondary N) is 1. The van der Waals surface area contributed by atoms with Crippen LogP contribution in [0.4, 0.5) is 22.7 Å². The summed E-state index contributed by atoms with van der Waals surface area (Å²) in [6.45, 7) is 0. The fourth-order valence-corrected chi connectivity index (χ4v) is 5.97. The van der Waals surface area contributed by atoms with E-state index in [-0.39, 0.29) is 27.2 Å². The van der Waals surface area contributed by atoms with E-state index in [4.69, 9.17) is 27.9 Å². The van der Waals surface area contributed by atoms with Gasteiger partial charge in [-0.15, -0.1) is 10.2 Å². The van der Waals surface area contributed by atoms with Gasteiger partial charge in [-0.25, -0.2) is 12.8 Å². The Hall–Kier alpha value is -3.85. The maximum absolute atomic E-state index is 15.0. The van der Waals surface area contributed by atoms with Gasteiger partial charge in [0.25, 0.3) is 10.0 Å². The van der Waals surface area contributed by atoms with Gasteiger partial charge in [0, 0.05) is 17.2 Å². The Morgan fingerprint density at radius 2 is 1.61 bits per heavy atom. The normalized spacial score (nSPS) is 11.9. The van der Waals surface area contributed by atoms with Gasteiger partial charge in [-0.3, -0.25) is 4.72 Å². The Morgan fingerprint density at radius 1 is 0.854 bits per heavy atom. The van der Waals surface area contributed by atoms with Crippen LogP contribution in [0.1, 0.15) is 5.56 Å². The highest BCUT2D eigenvalue weighted by Crippen LogP contribution is 2.42. The molecule has 0 spiro atoms. The lowest BCUT2D eigenvalue weighted by atomic mass is 9.98. The molecule has 2 heterocycles. The van der Waals surface area contributed by atoms with Crippen LogP contribution in [-0.4, -0.2) is 28.8 Å². The number of aromatic nitrogens is 4. The van der Waals surface area contributed by atoms with Gasteiger partial charge in [0.2, 0.25) is 5.13 Å². The number of anilines is 1. The highest BCUT2D eigenvalue weighted by Gasteiger charge is 2.33. The van der Waals surface area contributed by atoms with Crippen LogP contribution < -0.4 is 9.46 Å². The highest BCUT2D eigenvalue weighted by molar-refractivity contribution is 7.93. The first-order valence-corrected chi connectivity index (χ1v) is 14.3. The molecule has 5 aromatic rings. The average molecular weight is 642 g/mol. The Balaban J connectivity index is 1.54.